The molecule has 0 aromatic heterocycles. The summed E-state index contributed by atoms with van der Waals surface area (Å²) in [7, 11) is 0. The molecule has 1 fully saturated rings. The van der Waals surface area contributed by atoms with Crippen LogP contribution in [0.25, 0.3) is 0 Å². The van der Waals surface area contributed by atoms with Gasteiger partial charge in [-0.3, -0.25) is 4.99 Å². The maximum atomic E-state index is 11.8. The molecular formula is C21H32N4O2. The van der Waals surface area contributed by atoms with Gasteiger partial charge in [-0.25, -0.2) is 4.79 Å². The van der Waals surface area contributed by atoms with Crippen molar-refractivity contribution in [3.8, 4) is 0 Å². The molecule has 1 unspecified atom stereocenters. The van der Waals surface area contributed by atoms with Crippen LogP contribution in [0.5, 0.6) is 0 Å². The Morgan fingerprint density at radius 2 is 2.11 bits per heavy atom. The van der Waals surface area contributed by atoms with Gasteiger partial charge >= 0.3 is 6.09 Å². The minimum absolute atomic E-state index is 0.0500. The van der Waals surface area contributed by atoms with Crippen molar-refractivity contribution in [2.24, 2.45) is 10.7 Å². The number of rotatable bonds is 4. The molecule has 0 saturated carbocycles. The van der Waals surface area contributed by atoms with E-state index in [2.05, 4.69) is 41.5 Å². The first kappa shape index (κ1) is 19.5. The Morgan fingerprint density at radius 1 is 1.37 bits per heavy atom. The number of aryl methyl sites for hydroxylation is 1. The Bertz CT molecular complexity index is 683. The summed E-state index contributed by atoms with van der Waals surface area (Å²) in [5, 5.41) is 3.34. The molecule has 0 bridgehead atoms. The molecule has 1 aromatic rings. The predicted molar refractivity (Wildman–Crippen MR) is 108 cm³/mol. The smallest absolute Gasteiger partial charge is 0.409 e. The number of piperidine rings is 1. The Morgan fingerprint density at radius 3 is 2.85 bits per heavy atom. The summed E-state index contributed by atoms with van der Waals surface area (Å²) < 4.78 is 5.06. The Kier molecular flexibility index (Phi) is 6.24. The second-order valence-electron chi connectivity index (χ2n) is 7.88. The number of nitrogens with two attached hydrogens (primary N) is 1. The van der Waals surface area contributed by atoms with Gasteiger partial charge in [0.25, 0.3) is 0 Å². The molecule has 0 spiro atoms. The van der Waals surface area contributed by atoms with Gasteiger partial charge in [0.1, 0.15) is 0 Å². The van der Waals surface area contributed by atoms with Crippen LogP contribution in [0, 0.1) is 0 Å². The van der Waals surface area contributed by atoms with E-state index < -0.39 is 0 Å². The third-order valence-corrected chi connectivity index (χ3v) is 5.81. The van der Waals surface area contributed by atoms with Crippen LogP contribution in [-0.4, -0.2) is 49.2 Å². The lowest BCUT2D eigenvalue weighted by Crippen LogP contribution is -2.48. The van der Waals surface area contributed by atoms with E-state index in [1.165, 1.54) is 17.5 Å². The van der Waals surface area contributed by atoms with Gasteiger partial charge in [-0.1, -0.05) is 31.2 Å². The highest BCUT2D eigenvalue weighted by Crippen LogP contribution is 2.37. The first-order chi connectivity index (χ1) is 13.0. The molecule has 6 nitrogen and oxygen atoms in total. The lowest BCUT2D eigenvalue weighted by atomic mass is 9.71. The molecule has 3 rings (SSSR count). The minimum atomic E-state index is -0.221. The number of nitrogens with zero attached hydrogens (tertiary/aromatic N) is 2. The number of carbonyl (C=O) groups excluding carboxylic acids is 1. The van der Waals surface area contributed by atoms with E-state index >= 15 is 0 Å². The fourth-order valence-electron chi connectivity index (χ4n) is 4.23. The molecule has 1 atom stereocenters. The summed E-state index contributed by atoms with van der Waals surface area (Å²) in [5.74, 6) is 0.508. The molecule has 1 aliphatic heterocycles. The number of carbonyl (C=O) groups is 1. The molecule has 0 radical (unpaired) electrons. The van der Waals surface area contributed by atoms with Gasteiger partial charge < -0.3 is 20.7 Å². The summed E-state index contributed by atoms with van der Waals surface area (Å²) in [4.78, 5) is 18.2. The number of guanidine groups is 1. The van der Waals surface area contributed by atoms with Crippen LogP contribution in [0.1, 0.15) is 50.7 Å². The lowest BCUT2D eigenvalue weighted by molar-refractivity contribution is 0.0963. The average Bonchev–Trinajstić information content (AvgIpc) is 2.68. The van der Waals surface area contributed by atoms with Crippen molar-refractivity contribution in [2.75, 3.05) is 26.2 Å². The van der Waals surface area contributed by atoms with Crippen molar-refractivity contribution >= 4 is 12.1 Å². The highest BCUT2D eigenvalue weighted by atomic mass is 16.6. The zero-order chi connectivity index (χ0) is 19.3. The Balaban J connectivity index is 1.53. The van der Waals surface area contributed by atoms with Gasteiger partial charge in [-0.2, -0.15) is 0 Å². The predicted octanol–water partition coefficient (Wildman–Crippen LogP) is 2.81. The summed E-state index contributed by atoms with van der Waals surface area (Å²) >= 11 is 0. The standard InChI is InChI=1S/C21H32N4O2/c1-3-27-20(26)25-13-10-17(11-14-25)24-19(22)23-15-21(2)12-6-8-16-7-4-5-9-18(16)21/h4-5,7,9,17H,3,6,8,10-15H2,1-2H3,(H3,22,23,24). The van der Waals surface area contributed by atoms with Gasteiger partial charge in [0.2, 0.25) is 0 Å². The zero-order valence-corrected chi connectivity index (χ0v) is 16.5. The number of hydrogen-bond donors (Lipinski definition) is 2. The monoisotopic (exact) mass is 372 g/mol. The second-order valence-corrected chi connectivity index (χ2v) is 7.88. The van der Waals surface area contributed by atoms with Crippen molar-refractivity contribution < 1.29 is 9.53 Å². The topological polar surface area (TPSA) is 80.0 Å². The lowest BCUT2D eigenvalue weighted by Gasteiger charge is -2.35. The van der Waals surface area contributed by atoms with Crippen LogP contribution >= 0.6 is 0 Å². The molecule has 1 aromatic carbocycles. The van der Waals surface area contributed by atoms with Crippen LogP contribution in [-0.2, 0) is 16.6 Å². The van der Waals surface area contributed by atoms with E-state index in [1.54, 1.807) is 4.90 Å². The van der Waals surface area contributed by atoms with Crippen LogP contribution in [0.15, 0.2) is 29.3 Å². The van der Waals surface area contributed by atoms with E-state index in [0.717, 1.165) is 25.7 Å². The summed E-state index contributed by atoms with van der Waals surface area (Å²) in [6.07, 6.45) is 4.98. The van der Waals surface area contributed by atoms with Gasteiger partial charge in [-0.15, -0.1) is 0 Å². The fraction of sp³-hybridized carbons (Fsp3) is 0.619. The summed E-state index contributed by atoms with van der Waals surface area (Å²) in [6.45, 7) is 6.61. The number of benzene rings is 1. The zero-order valence-electron chi connectivity index (χ0n) is 16.5. The quantitative estimate of drug-likeness (QED) is 0.629. The normalized spacial score (nSPS) is 23.6. The van der Waals surface area contributed by atoms with Gasteiger partial charge in [0.15, 0.2) is 5.96 Å². The molecule has 1 saturated heterocycles. The number of ether oxygens (including phenoxy) is 1. The van der Waals surface area contributed by atoms with Crippen molar-refractivity contribution in [1.82, 2.24) is 10.2 Å². The number of amides is 1. The molecule has 2 aliphatic rings. The summed E-state index contributed by atoms with van der Waals surface area (Å²) in [5.41, 5.74) is 9.08. The molecule has 6 heteroatoms. The highest BCUT2D eigenvalue weighted by molar-refractivity contribution is 5.78. The van der Waals surface area contributed by atoms with E-state index in [-0.39, 0.29) is 17.6 Å². The maximum Gasteiger partial charge on any atom is 0.409 e. The second kappa shape index (κ2) is 8.63. The Hall–Kier alpha value is -2.24. The van der Waals surface area contributed by atoms with Crippen molar-refractivity contribution in [1.29, 1.82) is 0 Å². The third kappa shape index (κ3) is 4.73. The first-order valence-corrected chi connectivity index (χ1v) is 10.1. The maximum absolute atomic E-state index is 11.8. The van der Waals surface area contributed by atoms with E-state index in [1.807, 2.05) is 6.92 Å². The minimum Gasteiger partial charge on any atom is -0.450 e. The Labute approximate surface area is 162 Å². The fourth-order valence-corrected chi connectivity index (χ4v) is 4.23. The molecule has 148 valence electrons. The summed E-state index contributed by atoms with van der Waals surface area (Å²) in [6, 6.07) is 8.96. The van der Waals surface area contributed by atoms with E-state index in [4.69, 9.17) is 10.5 Å². The van der Waals surface area contributed by atoms with Crippen LogP contribution < -0.4 is 11.1 Å². The van der Waals surface area contributed by atoms with Crippen LogP contribution in [0.3, 0.4) is 0 Å². The third-order valence-electron chi connectivity index (χ3n) is 5.81. The molecule has 1 amide bonds. The average molecular weight is 373 g/mol. The highest BCUT2D eigenvalue weighted by Gasteiger charge is 2.31. The van der Waals surface area contributed by atoms with Crippen molar-refractivity contribution in [3.05, 3.63) is 35.4 Å². The number of aliphatic imine (C=N–C) groups is 1. The first-order valence-electron chi connectivity index (χ1n) is 10.1. The molecule has 27 heavy (non-hydrogen) atoms. The van der Waals surface area contributed by atoms with Gasteiger partial charge in [-0.05, 0) is 50.2 Å². The van der Waals surface area contributed by atoms with Crippen molar-refractivity contribution in [3.63, 3.8) is 0 Å². The number of likely N-dealkylation sites (tertiary alicyclic amines) is 1. The number of fused-ring (bicyclic) bond motifs is 1. The SMILES string of the molecule is CCOC(=O)N1CCC(NC(N)=NCC2(C)CCCc3ccccc32)CC1. The van der Waals surface area contributed by atoms with Gasteiger partial charge in [0, 0.05) is 24.5 Å². The molecule has 3 N–H and O–H groups in total. The van der Waals surface area contributed by atoms with Crippen molar-refractivity contribution in [2.45, 2.75) is 57.4 Å². The largest absolute Gasteiger partial charge is 0.450 e. The van der Waals surface area contributed by atoms with E-state index in [0.29, 0.717) is 32.2 Å². The van der Waals surface area contributed by atoms with Crippen LogP contribution in [0.4, 0.5) is 4.79 Å². The molecule has 1 aliphatic carbocycles. The molecular weight excluding hydrogens is 340 g/mol. The number of hydrogen-bond acceptors (Lipinski definition) is 3. The van der Waals surface area contributed by atoms with Crippen LogP contribution in [0.2, 0.25) is 0 Å². The van der Waals surface area contributed by atoms with Gasteiger partial charge in [0.05, 0.1) is 13.2 Å². The molecule has 1 heterocycles. The van der Waals surface area contributed by atoms with E-state index in [9.17, 15) is 4.79 Å². The number of nitrogens with one attached hydrogen (secondary N) is 1.